The molecule has 1 amide bonds. The summed E-state index contributed by atoms with van der Waals surface area (Å²) in [5, 5.41) is 3.20. The quantitative estimate of drug-likeness (QED) is 0.862. The normalized spacial score (nSPS) is 26.8. The Morgan fingerprint density at radius 2 is 1.68 bits per heavy atom. The molecule has 0 bridgehead atoms. The predicted molar refractivity (Wildman–Crippen MR) is 107 cm³/mol. The summed E-state index contributed by atoms with van der Waals surface area (Å²) in [4.78, 5) is 17.1. The van der Waals surface area contributed by atoms with Gasteiger partial charge in [0.05, 0.1) is 5.92 Å². The minimum atomic E-state index is 0. The third-order valence-corrected chi connectivity index (χ3v) is 5.43. The number of amides is 1. The van der Waals surface area contributed by atoms with Gasteiger partial charge in [0.1, 0.15) is 0 Å². The van der Waals surface area contributed by atoms with Crippen LogP contribution in [0, 0.1) is 17.8 Å². The largest absolute Gasteiger partial charge is 0.342 e. The van der Waals surface area contributed by atoms with Gasteiger partial charge in [-0.15, -0.1) is 24.8 Å². The average Bonchev–Trinajstić information content (AvgIpc) is 2.45. The predicted octanol–water partition coefficient (Wildman–Crippen LogP) is 2.66. The van der Waals surface area contributed by atoms with Gasteiger partial charge in [-0.2, -0.15) is 0 Å². The monoisotopic (exact) mass is 387 g/mol. The molecule has 1 N–H and O–H groups in total. The summed E-state index contributed by atoms with van der Waals surface area (Å²) in [7, 11) is 2.01. The van der Waals surface area contributed by atoms with Gasteiger partial charge in [0, 0.05) is 45.8 Å². The summed E-state index contributed by atoms with van der Waals surface area (Å²) in [6.07, 6.45) is 0. The number of halogens is 2. The van der Waals surface area contributed by atoms with Gasteiger partial charge < -0.3 is 10.2 Å². The topological polar surface area (TPSA) is 35.6 Å². The van der Waals surface area contributed by atoms with E-state index in [2.05, 4.69) is 54.4 Å². The van der Waals surface area contributed by atoms with Crippen molar-refractivity contribution in [3.05, 3.63) is 35.9 Å². The lowest BCUT2D eigenvalue weighted by molar-refractivity contribution is -0.141. The van der Waals surface area contributed by atoms with E-state index in [0.29, 0.717) is 23.8 Å². The van der Waals surface area contributed by atoms with E-state index in [9.17, 15) is 4.79 Å². The van der Waals surface area contributed by atoms with Crippen molar-refractivity contribution in [3.63, 3.8) is 0 Å². The molecule has 0 aromatic heterocycles. The molecule has 2 fully saturated rings. The minimum Gasteiger partial charge on any atom is -0.342 e. The molecule has 25 heavy (non-hydrogen) atoms. The van der Waals surface area contributed by atoms with Crippen LogP contribution in [0.2, 0.25) is 0 Å². The first kappa shape index (κ1) is 22.2. The van der Waals surface area contributed by atoms with Crippen LogP contribution < -0.4 is 5.32 Å². The number of nitrogens with one attached hydrogen (secondary N) is 1. The lowest BCUT2D eigenvalue weighted by atomic mass is 9.83. The van der Waals surface area contributed by atoms with Crippen LogP contribution in [0.3, 0.4) is 0 Å². The fourth-order valence-electron chi connectivity index (χ4n) is 4.30. The van der Waals surface area contributed by atoms with Crippen molar-refractivity contribution in [2.75, 3.05) is 33.2 Å². The van der Waals surface area contributed by atoms with Gasteiger partial charge in [-0.3, -0.25) is 9.69 Å². The molecule has 1 aromatic rings. The second-order valence-electron chi connectivity index (χ2n) is 7.43. The van der Waals surface area contributed by atoms with Gasteiger partial charge in [0.15, 0.2) is 0 Å². The summed E-state index contributed by atoms with van der Waals surface area (Å²) in [5.74, 6) is 1.53. The number of rotatable bonds is 4. The van der Waals surface area contributed by atoms with Crippen molar-refractivity contribution in [1.29, 1.82) is 0 Å². The Morgan fingerprint density at radius 1 is 1.12 bits per heavy atom. The van der Waals surface area contributed by atoms with Crippen LogP contribution in [0.25, 0.3) is 0 Å². The number of nitrogens with zero attached hydrogens (tertiary/aromatic N) is 2. The van der Waals surface area contributed by atoms with Crippen LogP contribution >= 0.6 is 24.8 Å². The Balaban J connectivity index is 0.00000156. The molecule has 2 aliphatic rings. The van der Waals surface area contributed by atoms with E-state index in [4.69, 9.17) is 0 Å². The van der Waals surface area contributed by atoms with Gasteiger partial charge in [0.25, 0.3) is 0 Å². The number of carbonyl (C=O) groups is 1. The summed E-state index contributed by atoms with van der Waals surface area (Å²) < 4.78 is 0. The van der Waals surface area contributed by atoms with Crippen LogP contribution in [-0.2, 0) is 11.3 Å². The molecule has 2 heterocycles. The molecule has 2 unspecified atom stereocenters. The van der Waals surface area contributed by atoms with Gasteiger partial charge in [0.2, 0.25) is 5.91 Å². The van der Waals surface area contributed by atoms with Crippen LogP contribution in [0.4, 0.5) is 0 Å². The highest BCUT2D eigenvalue weighted by atomic mass is 35.5. The number of benzene rings is 1. The fourth-order valence-corrected chi connectivity index (χ4v) is 4.30. The summed E-state index contributed by atoms with van der Waals surface area (Å²) in [5.41, 5.74) is 1.37. The maximum Gasteiger partial charge on any atom is 0.228 e. The van der Waals surface area contributed by atoms with E-state index < -0.39 is 0 Å². The second kappa shape index (κ2) is 9.77. The highest BCUT2D eigenvalue weighted by Crippen LogP contribution is 2.28. The molecule has 142 valence electrons. The highest BCUT2D eigenvalue weighted by Gasteiger charge is 2.39. The molecule has 2 aliphatic heterocycles. The van der Waals surface area contributed by atoms with Crippen molar-refractivity contribution >= 4 is 30.7 Å². The van der Waals surface area contributed by atoms with Crippen molar-refractivity contribution in [2.45, 2.75) is 26.4 Å². The molecule has 0 spiro atoms. The van der Waals surface area contributed by atoms with Gasteiger partial charge in [-0.1, -0.05) is 44.2 Å². The smallest absolute Gasteiger partial charge is 0.228 e. The maximum atomic E-state index is 12.6. The number of carbonyl (C=O) groups excluding carboxylic acids is 1. The average molecular weight is 388 g/mol. The van der Waals surface area contributed by atoms with Crippen molar-refractivity contribution in [2.24, 2.45) is 17.8 Å². The van der Waals surface area contributed by atoms with Crippen LogP contribution in [0.5, 0.6) is 0 Å². The number of likely N-dealkylation sites (tertiary alicyclic amines) is 1. The van der Waals surface area contributed by atoms with E-state index in [1.54, 1.807) is 0 Å². The zero-order chi connectivity index (χ0) is 16.4. The van der Waals surface area contributed by atoms with E-state index in [1.165, 1.54) is 5.56 Å². The SMILES string of the molecule is CC1CN(Cc2ccccc2)CC(C)C1N(C)C(=O)C1CNC1.Cl.Cl. The Hall–Kier alpha value is -0.810. The highest BCUT2D eigenvalue weighted by molar-refractivity contribution is 5.85. The summed E-state index contributed by atoms with van der Waals surface area (Å²) >= 11 is 0. The Bertz CT molecular complexity index is 527. The van der Waals surface area contributed by atoms with E-state index in [1.807, 2.05) is 11.9 Å². The van der Waals surface area contributed by atoms with Gasteiger partial charge in [-0.25, -0.2) is 0 Å². The first-order chi connectivity index (χ1) is 11.1. The zero-order valence-electron chi connectivity index (χ0n) is 15.4. The number of hydrogen-bond donors (Lipinski definition) is 1. The minimum absolute atomic E-state index is 0. The number of hydrogen-bond acceptors (Lipinski definition) is 3. The van der Waals surface area contributed by atoms with Crippen molar-refractivity contribution in [1.82, 2.24) is 15.1 Å². The Morgan fingerprint density at radius 3 is 2.16 bits per heavy atom. The molecular weight excluding hydrogens is 357 g/mol. The van der Waals surface area contributed by atoms with E-state index >= 15 is 0 Å². The third-order valence-electron chi connectivity index (χ3n) is 5.43. The second-order valence-corrected chi connectivity index (χ2v) is 7.43. The fraction of sp³-hybridized carbons (Fsp3) is 0.632. The zero-order valence-corrected chi connectivity index (χ0v) is 17.0. The first-order valence-electron chi connectivity index (χ1n) is 8.80. The third kappa shape index (κ3) is 5.10. The van der Waals surface area contributed by atoms with Crippen LogP contribution in [0.1, 0.15) is 19.4 Å². The molecule has 0 radical (unpaired) electrons. The summed E-state index contributed by atoms with van der Waals surface area (Å²) in [6.45, 7) is 9.40. The Kier molecular flexibility index (Phi) is 8.69. The standard InChI is InChI=1S/C19H29N3O.2ClH/c1-14-11-22(13-16-7-5-4-6-8-16)12-15(2)18(14)21(3)19(23)17-9-20-10-17;;/h4-8,14-15,17-18,20H,9-13H2,1-3H3;2*1H. The molecule has 2 atom stereocenters. The van der Waals surface area contributed by atoms with E-state index in [-0.39, 0.29) is 30.7 Å². The van der Waals surface area contributed by atoms with E-state index in [0.717, 1.165) is 32.7 Å². The molecule has 6 heteroatoms. The Labute approximate surface area is 164 Å². The maximum absolute atomic E-state index is 12.6. The lowest BCUT2D eigenvalue weighted by Crippen LogP contribution is -2.59. The first-order valence-corrected chi connectivity index (χ1v) is 8.80. The van der Waals surface area contributed by atoms with Gasteiger partial charge >= 0.3 is 0 Å². The van der Waals surface area contributed by atoms with Crippen molar-refractivity contribution < 1.29 is 4.79 Å². The van der Waals surface area contributed by atoms with Crippen LogP contribution in [0.15, 0.2) is 30.3 Å². The lowest BCUT2D eigenvalue weighted by Gasteiger charge is -2.46. The molecular formula is C19H31Cl2N3O. The van der Waals surface area contributed by atoms with Crippen molar-refractivity contribution in [3.8, 4) is 0 Å². The molecule has 0 aliphatic carbocycles. The molecule has 3 rings (SSSR count). The van der Waals surface area contributed by atoms with Gasteiger partial charge in [-0.05, 0) is 17.4 Å². The van der Waals surface area contributed by atoms with Crippen LogP contribution in [-0.4, -0.2) is 55.0 Å². The molecule has 0 saturated carbocycles. The number of piperidine rings is 1. The molecule has 2 saturated heterocycles. The molecule has 1 aromatic carbocycles. The summed E-state index contributed by atoms with van der Waals surface area (Å²) in [6, 6.07) is 11.0. The molecule has 4 nitrogen and oxygen atoms in total.